The lowest BCUT2D eigenvalue weighted by Gasteiger charge is -2.22. The number of nitrogens with zero attached hydrogens (tertiary/aromatic N) is 1. The Labute approximate surface area is 116 Å². The van der Waals surface area contributed by atoms with Gasteiger partial charge in [0.25, 0.3) is 0 Å². The monoisotopic (exact) mass is 263 g/mol. The van der Waals surface area contributed by atoms with Crippen LogP contribution >= 0.6 is 0 Å². The number of ketones is 1. The van der Waals surface area contributed by atoms with Gasteiger partial charge >= 0.3 is 0 Å². The zero-order valence-corrected chi connectivity index (χ0v) is 11.8. The van der Waals surface area contributed by atoms with Crippen molar-refractivity contribution in [3.63, 3.8) is 0 Å². The van der Waals surface area contributed by atoms with Crippen molar-refractivity contribution in [1.29, 1.82) is 0 Å². The van der Waals surface area contributed by atoms with Gasteiger partial charge < -0.3 is 10.0 Å². The van der Waals surface area contributed by atoms with Gasteiger partial charge in [0.15, 0.2) is 5.78 Å². The van der Waals surface area contributed by atoms with Crippen LogP contribution in [0.1, 0.15) is 38.5 Å². The number of aliphatic hydroxyl groups excluding tert-OH is 1. The zero-order chi connectivity index (χ0) is 13.7. The van der Waals surface area contributed by atoms with Crippen molar-refractivity contribution in [2.24, 2.45) is 5.92 Å². The molecule has 19 heavy (non-hydrogen) atoms. The molecule has 3 heteroatoms. The first kappa shape index (κ1) is 14.5. The average Bonchev–Trinajstić information content (AvgIpc) is 2.43. The van der Waals surface area contributed by atoms with E-state index >= 15 is 0 Å². The van der Waals surface area contributed by atoms with E-state index in [0.717, 1.165) is 38.8 Å². The molecule has 0 aromatic heterocycles. The van der Waals surface area contributed by atoms with Gasteiger partial charge in [-0.3, -0.25) is 4.79 Å². The van der Waals surface area contributed by atoms with Gasteiger partial charge in [-0.1, -0.05) is 23.8 Å². The van der Waals surface area contributed by atoms with E-state index in [4.69, 9.17) is 0 Å². The maximum Gasteiger partial charge on any atom is 0.161 e. The third kappa shape index (κ3) is 4.59. The Balaban J connectivity index is 1.97. The predicted octanol–water partition coefficient (Wildman–Crippen LogP) is 2.31. The largest absolute Gasteiger partial charge is 0.385 e. The molecule has 2 aliphatic heterocycles. The molecule has 0 radical (unpaired) electrons. The second kappa shape index (κ2) is 7.01. The van der Waals surface area contributed by atoms with Crippen LogP contribution in [0.3, 0.4) is 0 Å². The molecule has 0 aromatic rings. The number of hydrogen-bond acceptors (Lipinski definition) is 3. The van der Waals surface area contributed by atoms with E-state index in [9.17, 15) is 9.90 Å². The van der Waals surface area contributed by atoms with Crippen LogP contribution in [0, 0.1) is 5.92 Å². The number of allylic oxidation sites excluding steroid dienone is 3. The molecular formula is C16H25NO2. The van der Waals surface area contributed by atoms with Gasteiger partial charge in [0.1, 0.15) is 6.10 Å². The van der Waals surface area contributed by atoms with Crippen LogP contribution in [-0.4, -0.2) is 42.0 Å². The van der Waals surface area contributed by atoms with Crippen molar-refractivity contribution in [3.05, 3.63) is 23.8 Å². The summed E-state index contributed by atoms with van der Waals surface area (Å²) in [6, 6.07) is 0. The zero-order valence-electron chi connectivity index (χ0n) is 11.8. The van der Waals surface area contributed by atoms with Gasteiger partial charge in [-0.2, -0.15) is 0 Å². The lowest BCUT2D eigenvalue weighted by atomic mass is 9.90. The van der Waals surface area contributed by atoms with E-state index in [-0.39, 0.29) is 5.78 Å². The van der Waals surface area contributed by atoms with Gasteiger partial charge in [-0.25, -0.2) is 0 Å². The summed E-state index contributed by atoms with van der Waals surface area (Å²) in [6.07, 6.45) is 11.3. The smallest absolute Gasteiger partial charge is 0.161 e. The molecule has 0 fully saturated rings. The van der Waals surface area contributed by atoms with E-state index in [1.165, 1.54) is 5.57 Å². The summed E-state index contributed by atoms with van der Waals surface area (Å²) in [5.41, 5.74) is 1.43. The lowest BCUT2D eigenvalue weighted by Crippen LogP contribution is -2.29. The second-order valence-corrected chi connectivity index (χ2v) is 5.85. The first-order chi connectivity index (χ1) is 9.15. The van der Waals surface area contributed by atoms with Gasteiger partial charge in [0.05, 0.1) is 0 Å². The highest BCUT2D eigenvalue weighted by atomic mass is 16.3. The minimum atomic E-state index is -0.766. The van der Waals surface area contributed by atoms with E-state index in [1.807, 2.05) is 0 Å². The highest BCUT2D eigenvalue weighted by Gasteiger charge is 2.17. The molecule has 0 saturated heterocycles. The summed E-state index contributed by atoms with van der Waals surface area (Å²) in [7, 11) is 2.05. The molecule has 3 rings (SSSR count). The topological polar surface area (TPSA) is 40.5 Å². The molecule has 1 N–H and O–H groups in total. The van der Waals surface area contributed by atoms with Crippen LogP contribution in [-0.2, 0) is 4.79 Å². The Bertz CT molecular complexity index is 373. The van der Waals surface area contributed by atoms with E-state index in [2.05, 4.69) is 30.2 Å². The van der Waals surface area contributed by atoms with E-state index in [0.29, 0.717) is 18.8 Å². The standard InChI is InChI=1S/C16H25NO2/c1-17-11-9-14-7-5-13(6-8-14)3-2-4-15(18)16(19)10-12-17/h5,7-8,13,16,19H,2-4,6,9-12H2,1H3. The van der Waals surface area contributed by atoms with Crippen molar-refractivity contribution in [1.82, 2.24) is 4.90 Å². The fourth-order valence-corrected chi connectivity index (χ4v) is 2.75. The third-order valence-corrected chi connectivity index (χ3v) is 4.20. The SMILES string of the molecule is CN1CCC2=CCC(C=C2)CCCC(=O)C(O)CC1. The van der Waals surface area contributed by atoms with Crippen LogP contribution in [0.4, 0.5) is 0 Å². The molecule has 106 valence electrons. The van der Waals surface area contributed by atoms with Gasteiger partial charge in [-0.05, 0) is 45.1 Å². The van der Waals surface area contributed by atoms with Gasteiger partial charge in [0.2, 0.25) is 0 Å². The molecule has 2 heterocycles. The molecule has 0 saturated carbocycles. The van der Waals surface area contributed by atoms with E-state index < -0.39 is 6.10 Å². The molecular weight excluding hydrogens is 238 g/mol. The highest BCUT2D eigenvalue weighted by Crippen LogP contribution is 2.23. The van der Waals surface area contributed by atoms with Crippen LogP contribution in [0.5, 0.6) is 0 Å². The summed E-state index contributed by atoms with van der Waals surface area (Å²) >= 11 is 0. The van der Waals surface area contributed by atoms with E-state index in [1.54, 1.807) is 0 Å². The molecule has 3 aliphatic rings. The summed E-state index contributed by atoms with van der Waals surface area (Å²) in [5.74, 6) is 0.593. The summed E-state index contributed by atoms with van der Waals surface area (Å²) in [5, 5.41) is 9.84. The molecule has 2 bridgehead atoms. The second-order valence-electron chi connectivity index (χ2n) is 5.85. The third-order valence-electron chi connectivity index (χ3n) is 4.20. The molecule has 2 atom stereocenters. The average molecular weight is 263 g/mol. The number of carbonyl (C=O) groups excluding carboxylic acids is 1. The molecule has 2 unspecified atom stereocenters. The number of fused-ring (bicyclic) bond motifs is 10. The fraction of sp³-hybridized carbons (Fsp3) is 0.688. The molecule has 0 spiro atoms. The van der Waals surface area contributed by atoms with Crippen LogP contribution in [0.15, 0.2) is 23.8 Å². The predicted molar refractivity (Wildman–Crippen MR) is 76.9 cm³/mol. The highest BCUT2D eigenvalue weighted by molar-refractivity contribution is 5.82. The van der Waals surface area contributed by atoms with Gasteiger partial charge in [0, 0.05) is 19.5 Å². The molecule has 3 nitrogen and oxygen atoms in total. The quantitative estimate of drug-likeness (QED) is 0.729. The van der Waals surface area contributed by atoms with Crippen LogP contribution in [0.2, 0.25) is 0 Å². The van der Waals surface area contributed by atoms with Crippen molar-refractivity contribution in [2.45, 2.75) is 44.6 Å². The Kier molecular flexibility index (Phi) is 5.34. The number of hydrogen-bond donors (Lipinski definition) is 1. The van der Waals surface area contributed by atoms with Crippen LogP contribution in [0.25, 0.3) is 0 Å². The molecule has 0 aromatic carbocycles. The molecule has 0 amide bonds. The summed E-state index contributed by atoms with van der Waals surface area (Å²) in [6.45, 7) is 1.77. The number of Topliss-reactive ketones (excluding diaryl/α,β-unsaturated/α-hetero) is 1. The number of rotatable bonds is 0. The summed E-state index contributed by atoms with van der Waals surface area (Å²) < 4.78 is 0. The Morgan fingerprint density at radius 1 is 1.26 bits per heavy atom. The minimum Gasteiger partial charge on any atom is -0.385 e. The maximum absolute atomic E-state index is 11.8. The van der Waals surface area contributed by atoms with Crippen molar-refractivity contribution < 1.29 is 9.90 Å². The maximum atomic E-state index is 11.8. The lowest BCUT2D eigenvalue weighted by molar-refractivity contribution is -0.127. The van der Waals surface area contributed by atoms with Crippen LogP contribution < -0.4 is 0 Å². The Hall–Kier alpha value is -0.930. The number of carbonyl (C=O) groups is 1. The molecule has 1 aliphatic carbocycles. The minimum absolute atomic E-state index is 0.0153. The van der Waals surface area contributed by atoms with Crippen molar-refractivity contribution in [2.75, 3.05) is 20.1 Å². The van der Waals surface area contributed by atoms with Crippen molar-refractivity contribution >= 4 is 5.78 Å². The first-order valence-corrected chi connectivity index (χ1v) is 7.41. The summed E-state index contributed by atoms with van der Waals surface area (Å²) in [4.78, 5) is 14.0. The number of aliphatic hydroxyl groups is 1. The Morgan fingerprint density at radius 2 is 2.11 bits per heavy atom. The first-order valence-electron chi connectivity index (χ1n) is 7.41. The fourth-order valence-electron chi connectivity index (χ4n) is 2.75. The van der Waals surface area contributed by atoms with Gasteiger partial charge in [-0.15, -0.1) is 0 Å². The normalized spacial score (nSPS) is 31.1. The van der Waals surface area contributed by atoms with Crippen molar-refractivity contribution in [3.8, 4) is 0 Å². The Morgan fingerprint density at radius 3 is 2.84 bits per heavy atom.